The third-order valence-electron chi connectivity index (χ3n) is 7.45. The van der Waals surface area contributed by atoms with Gasteiger partial charge in [-0.25, -0.2) is 4.79 Å². The number of aliphatic carboxylic acids is 1. The van der Waals surface area contributed by atoms with Crippen LogP contribution in [-0.4, -0.2) is 52.6 Å². The molecule has 2 N–H and O–H groups in total. The summed E-state index contributed by atoms with van der Waals surface area (Å²) in [4.78, 5) is 28.9. The first-order valence-corrected chi connectivity index (χ1v) is 11.1. The molecule has 2 heterocycles. The fraction of sp³-hybridized carbons (Fsp3) is 0.652. The topological polar surface area (TPSA) is 72.9 Å². The Balaban J connectivity index is 1.37. The van der Waals surface area contributed by atoms with Crippen molar-refractivity contribution in [3.8, 4) is 0 Å². The number of carboxylic acid groups (broad SMARTS) is 1. The van der Waals surface area contributed by atoms with Gasteiger partial charge in [-0.2, -0.15) is 0 Å². The minimum Gasteiger partial charge on any atom is -0.481 e. The molecule has 6 nitrogen and oxygen atoms in total. The predicted molar refractivity (Wildman–Crippen MR) is 111 cm³/mol. The summed E-state index contributed by atoms with van der Waals surface area (Å²) >= 11 is 0. The molecular formula is C23H33N3O3. The Morgan fingerprint density at radius 1 is 1.17 bits per heavy atom. The van der Waals surface area contributed by atoms with E-state index < -0.39 is 11.4 Å². The molecule has 6 heteroatoms. The summed E-state index contributed by atoms with van der Waals surface area (Å²) in [5.41, 5.74) is 1.69. The Morgan fingerprint density at radius 2 is 1.97 bits per heavy atom. The molecule has 2 amide bonds. The number of urea groups is 1. The average Bonchev–Trinajstić information content (AvgIpc) is 3.27. The van der Waals surface area contributed by atoms with Crippen LogP contribution in [0.1, 0.15) is 56.6 Å². The lowest BCUT2D eigenvalue weighted by molar-refractivity contribution is -0.149. The van der Waals surface area contributed by atoms with Gasteiger partial charge in [0.05, 0.1) is 5.41 Å². The van der Waals surface area contributed by atoms with Gasteiger partial charge in [0.2, 0.25) is 0 Å². The number of fused-ring (bicyclic) bond motifs is 1. The van der Waals surface area contributed by atoms with Crippen LogP contribution >= 0.6 is 0 Å². The Kier molecular flexibility index (Phi) is 5.81. The highest BCUT2D eigenvalue weighted by atomic mass is 16.4. The molecule has 1 unspecified atom stereocenters. The maximum absolute atomic E-state index is 12.8. The van der Waals surface area contributed by atoms with Crippen molar-refractivity contribution in [2.75, 3.05) is 19.6 Å². The summed E-state index contributed by atoms with van der Waals surface area (Å²) < 4.78 is 0. The molecule has 2 aliphatic heterocycles. The van der Waals surface area contributed by atoms with Crippen molar-refractivity contribution >= 4 is 12.0 Å². The zero-order chi connectivity index (χ0) is 20.4. The fourth-order valence-corrected chi connectivity index (χ4v) is 5.57. The normalized spacial score (nSPS) is 29.6. The molecule has 3 aliphatic rings. The molecule has 4 rings (SSSR count). The molecule has 0 aromatic heterocycles. The Morgan fingerprint density at radius 3 is 2.69 bits per heavy atom. The van der Waals surface area contributed by atoms with E-state index in [9.17, 15) is 14.7 Å². The Hall–Kier alpha value is -2.08. The maximum Gasteiger partial charge on any atom is 0.317 e. The van der Waals surface area contributed by atoms with E-state index in [2.05, 4.69) is 35.3 Å². The number of likely N-dealkylation sites (tertiary alicyclic amines) is 2. The van der Waals surface area contributed by atoms with E-state index in [1.165, 1.54) is 24.8 Å². The first-order chi connectivity index (χ1) is 14.0. The molecule has 3 fully saturated rings. The molecule has 2 saturated heterocycles. The van der Waals surface area contributed by atoms with E-state index in [1.54, 1.807) is 4.90 Å². The van der Waals surface area contributed by atoms with Crippen molar-refractivity contribution in [3.05, 3.63) is 35.4 Å². The molecule has 158 valence electrons. The van der Waals surface area contributed by atoms with Gasteiger partial charge >= 0.3 is 12.0 Å². The van der Waals surface area contributed by atoms with Gasteiger partial charge in [0.1, 0.15) is 0 Å². The lowest BCUT2D eigenvalue weighted by atomic mass is 9.81. The van der Waals surface area contributed by atoms with Crippen LogP contribution < -0.4 is 5.32 Å². The zero-order valence-electron chi connectivity index (χ0n) is 17.4. The molecule has 3 atom stereocenters. The monoisotopic (exact) mass is 399 g/mol. The molecule has 0 spiro atoms. The van der Waals surface area contributed by atoms with Crippen LogP contribution in [0.3, 0.4) is 0 Å². The molecule has 29 heavy (non-hydrogen) atoms. The van der Waals surface area contributed by atoms with Crippen LogP contribution in [0.2, 0.25) is 0 Å². The number of piperidine rings is 1. The quantitative estimate of drug-likeness (QED) is 0.795. The third-order valence-corrected chi connectivity index (χ3v) is 7.45. The minimum atomic E-state index is -0.740. The van der Waals surface area contributed by atoms with Crippen molar-refractivity contribution in [2.24, 2.45) is 11.3 Å². The number of amides is 2. The second-order valence-corrected chi connectivity index (χ2v) is 9.17. The van der Waals surface area contributed by atoms with Gasteiger partial charge in [-0.05, 0) is 56.2 Å². The molecule has 0 radical (unpaired) electrons. The van der Waals surface area contributed by atoms with Crippen LogP contribution in [0.15, 0.2) is 24.3 Å². The SMILES string of the molecule is CC1CCCCN1Cc1ccccc1CNC(=O)N1C[C@@H]2CCC[C@@]2(C(=O)O)C1. The van der Waals surface area contributed by atoms with Crippen molar-refractivity contribution in [1.82, 2.24) is 15.1 Å². The summed E-state index contributed by atoms with van der Waals surface area (Å²) in [6.45, 7) is 5.73. The number of carbonyl (C=O) groups excluding carboxylic acids is 1. The molecule has 1 saturated carbocycles. The Bertz CT molecular complexity index is 767. The summed E-state index contributed by atoms with van der Waals surface area (Å²) in [6.07, 6.45) is 6.37. The van der Waals surface area contributed by atoms with E-state index in [4.69, 9.17) is 0 Å². The van der Waals surface area contributed by atoms with E-state index in [-0.39, 0.29) is 11.9 Å². The van der Waals surface area contributed by atoms with Gasteiger partial charge in [-0.15, -0.1) is 0 Å². The zero-order valence-corrected chi connectivity index (χ0v) is 17.4. The minimum absolute atomic E-state index is 0.0959. The number of hydrogen-bond acceptors (Lipinski definition) is 3. The number of carboxylic acids is 1. The number of carbonyl (C=O) groups is 2. The summed E-state index contributed by atoms with van der Waals surface area (Å²) in [6, 6.07) is 8.78. The van der Waals surface area contributed by atoms with Gasteiger partial charge < -0.3 is 15.3 Å². The highest BCUT2D eigenvalue weighted by Gasteiger charge is 2.55. The summed E-state index contributed by atoms with van der Waals surface area (Å²) in [7, 11) is 0. The number of hydrogen-bond donors (Lipinski definition) is 2. The first-order valence-electron chi connectivity index (χ1n) is 11.1. The molecule has 1 aliphatic carbocycles. The predicted octanol–water partition coefficient (Wildman–Crippen LogP) is 3.46. The fourth-order valence-electron chi connectivity index (χ4n) is 5.57. The van der Waals surface area contributed by atoms with Crippen LogP contribution in [0.25, 0.3) is 0 Å². The summed E-state index contributed by atoms with van der Waals surface area (Å²) in [5, 5.41) is 12.8. The number of rotatable bonds is 5. The summed E-state index contributed by atoms with van der Waals surface area (Å²) in [5.74, 6) is -0.644. The van der Waals surface area contributed by atoms with Crippen molar-refractivity contribution in [2.45, 2.75) is 64.6 Å². The number of benzene rings is 1. The molecule has 1 aromatic carbocycles. The van der Waals surface area contributed by atoms with Crippen LogP contribution in [-0.2, 0) is 17.9 Å². The van der Waals surface area contributed by atoms with Crippen LogP contribution in [0, 0.1) is 11.3 Å². The largest absolute Gasteiger partial charge is 0.481 e. The van der Waals surface area contributed by atoms with Gasteiger partial charge in [0, 0.05) is 32.2 Å². The lowest BCUT2D eigenvalue weighted by Gasteiger charge is -2.33. The third kappa shape index (κ3) is 4.00. The van der Waals surface area contributed by atoms with Gasteiger partial charge in [0.15, 0.2) is 0 Å². The van der Waals surface area contributed by atoms with Gasteiger partial charge in [-0.3, -0.25) is 9.69 Å². The second-order valence-electron chi connectivity index (χ2n) is 9.17. The lowest BCUT2D eigenvalue weighted by Crippen LogP contribution is -2.41. The smallest absolute Gasteiger partial charge is 0.317 e. The van der Waals surface area contributed by atoms with E-state index in [1.807, 2.05) is 6.07 Å². The van der Waals surface area contributed by atoms with E-state index in [0.29, 0.717) is 32.1 Å². The molecular weight excluding hydrogens is 366 g/mol. The average molecular weight is 400 g/mol. The van der Waals surface area contributed by atoms with Crippen molar-refractivity contribution in [3.63, 3.8) is 0 Å². The van der Waals surface area contributed by atoms with Gasteiger partial charge in [0.25, 0.3) is 0 Å². The maximum atomic E-state index is 12.8. The molecule has 0 bridgehead atoms. The Labute approximate surface area is 173 Å². The van der Waals surface area contributed by atoms with Crippen LogP contribution in [0.4, 0.5) is 4.79 Å². The molecule has 1 aromatic rings. The first kappa shape index (κ1) is 20.2. The van der Waals surface area contributed by atoms with Crippen molar-refractivity contribution < 1.29 is 14.7 Å². The van der Waals surface area contributed by atoms with Crippen LogP contribution in [0.5, 0.6) is 0 Å². The number of nitrogens with one attached hydrogen (secondary N) is 1. The van der Waals surface area contributed by atoms with E-state index in [0.717, 1.165) is 31.5 Å². The highest BCUT2D eigenvalue weighted by Crippen LogP contribution is 2.48. The highest BCUT2D eigenvalue weighted by molar-refractivity contribution is 5.80. The number of nitrogens with zero attached hydrogens (tertiary/aromatic N) is 2. The second kappa shape index (κ2) is 8.34. The van der Waals surface area contributed by atoms with Crippen molar-refractivity contribution in [1.29, 1.82) is 0 Å². The standard InChI is InChI=1S/C23H33N3O3/c1-17-7-4-5-12-25(17)14-19-9-3-2-8-18(19)13-24-22(29)26-15-20-10-6-11-23(20,16-26)21(27)28/h2-3,8-9,17,20H,4-7,10-16H2,1H3,(H,24,29)(H,27,28)/t17?,20-,23+/m0/s1. The van der Waals surface area contributed by atoms with Gasteiger partial charge in [-0.1, -0.05) is 37.1 Å². The van der Waals surface area contributed by atoms with E-state index >= 15 is 0 Å².